The van der Waals surface area contributed by atoms with Gasteiger partial charge < -0.3 is 19.6 Å². The van der Waals surface area contributed by atoms with E-state index in [0.29, 0.717) is 22.5 Å². The molecule has 0 bridgehead atoms. The van der Waals surface area contributed by atoms with Crippen LogP contribution in [-0.2, 0) is 11.3 Å². The third-order valence-electron chi connectivity index (χ3n) is 2.93. The van der Waals surface area contributed by atoms with Crippen molar-refractivity contribution in [2.24, 2.45) is 0 Å². The fourth-order valence-electron chi connectivity index (χ4n) is 1.81. The van der Waals surface area contributed by atoms with Crippen molar-refractivity contribution in [3.8, 4) is 0 Å². The minimum atomic E-state index is -0.689. The standard InChI is InChI=1S/C15H17BrFNO3/c1-10-5-13(16)14(17)6-15(10)18-7-11(19)8-20-9-12-3-2-4-21-12/h2-6,11,18-19H,7-9H2,1H3. The second-order valence-corrected chi connectivity index (χ2v) is 5.56. The molecule has 2 aromatic rings. The quantitative estimate of drug-likeness (QED) is 0.796. The maximum Gasteiger partial charge on any atom is 0.139 e. The van der Waals surface area contributed by atoms with Crippen LogP contribution in [0.4, 0.5) is 10.1 Å². The molecule has 0 fully saturated rings. The van der Waals surface area contributed by atoms with E-state index < -0.39 is 6.10 Å². The molecule has 2 rings (SSSR count). The molecule has 1 aromatic heterocycles. The molecule has 2 N–H and O–H groups in total. The van der Waals surface area contributed by atoms with Crippen LogP contribution >= 0.6 is 15.9 Å². The Kier molecular flexibility index (Phi) is 5.78. The minimum Gasteiger partial charge on any atom is -0.467 e. The number of aliphatic hydroxyl groups excluding tert-OH is 1. The van der Waals surface area contributed by atoms with Crippen LogP contribution in [0.2, 0.25) is 0 Å². The molecule has 6 heteroatoms. The molecular weight excluding hydrogens is 341 g/mol. The summed E-state index contributed by atoms with van der Waals surface area (Å²) in [4.78, 5) is 0. The number of hydrogen-bond donors (Lipinski definition) is 2. The van der Waals surface area contributed by atoms with Crippen LogP contribution in [-0.4, -0.2) is 24.4 Å². The first kappa shape index (κ1) is 16.0. The highest BCUT2D eigenvalue weighted by atomic mass is 79.9. The lowest BCUT2D eigenvalue weighted by atomic mass is 10.2. The monoisotopic (exact) mass is 357 g/mol. The molecule has 114 valence electrons. The summed E-state index contributed by atoms with van der Waals surface area (Å²) in [5.74, 6) is 0.368. The Morgan fingerprint density at radius 3 is 3.00 bits per heavy atom. The van der Waals surface area contributed by atoms with Crippen molar-refractivity contribution in [1.82, 2.24) is 0 Å². The van der Waals surface area contributed by atoms with Gasteiger partial charge in [0.25, 0.3) is 0 Å². The minimum absolute atomic E-state index is 0.172. The summed E-state index contributed by atoms with van der Waals surface area (Å²) in [6.45, 7) is 2.63. The average molecular weight is 358 g/mol. The first-order valence-electron chi connectivity index (χ1n) is 6.54. The van der Waals surface area contributed by atoms with Gasteiger partial charge in [-0.15, -0.1) is 0 Å². The number of benzene rings is 1. The summed E-state index contributed by atoms with van der Waals surface area (Å²) in [6.07, 6.45) is 0.882. The molecule has 0 spiro atoms. The van der Waals surface area contributed by atoms with E-state index in [4.69, 9.17) is 9.15 Å². The van der Waals surface area contributed by atoms with Crippen molar-refractivity contribution in [2.45, 2.75) is 19.6 Å². The SMILES string of the molecule is Cc1cc(Br)c(F)cc1NCC(O)COCc1ccco1. The first-order chi connectivity index (χ1) is 10.1. The largest absolute Gasteiger partial charge is 0.467 e. The predicted molar refractivity (Wildman–Crippen MR) is 81.7 cm³/mol. The number of ether oxygens (including phenoxy) is 1. The number of nitrogens with one attached hydrogen (secondary N) is 1. The molecule has 1 aromatic carbocycles. The molecular formula is C15H17BrFNO3. The van der Waals surface area contributed by atoms with E-state index in [1.807, 2.05) is 6.92 Å². The predicted octanol–water partition coefficient (Wildman–Crippen LogP) is 3.48. The number of rotatable bonds is 7. The zero-order valence-corrected chi connectivity index (χ0v) is 13.2. The number of anilines is 1. The van der Waals surface area contributed by atoms with E-state index in [1.165, 1.54) is 6.07 Å². The maximum absolute atomic E-state index is 13.5. The summed E-state index contributed by atoms with van der Waals surface area (Å²) in [5.41, 5.74) is 1.55. The third-order valence-corrected chi connectivity index (χ3v) is 3.54. The smallest absolute Gasteiger partial charge is 0.139 e. The van der Waals surface area contributed by atoms with Crippen molar-refractivity contribution < 1.29 is 18.7 Å². The highest BCUT2D eigenvalue weighted by Crippen LogP contribution is 2.23. The normalized spacial score (nSPS) is 12.4. The summed E-state index contributed by atoms with van der Waals surface area (Å²) < 4.78 is 24.3. The lowest BCUT2D eigenvalue weighted by Crippen LogP contribution is -2.25. The van der Waals surface area contributed by atoms with Crippen LogP contribution < -0.4 is 5.32 Å². The molecule has 1 atom stereocenters. The topological polar surface area (TPSA) is 54.6 Å². The van der Waals surface area contributed by atoms with Crippen molar-refractivity contribution in [2.75, 3.05) is 18.5 Å². The van der Waals surface area contributed by atoms with Gasteiger partial charge in [0.05, 0.1) is 23.4 Å². The number of hydrogen-bond acceptors (Lipinski definition) is 4. The van der Waals surface area contributed by atoms with Crippen molar-refractivity contribution >= 4 is 21.6 Å². The summed E-state index contributed by atoms with van der Waals surface area (Å²) in [7, 11) is 0. The van der Waals surface area contributed by atoms with E-state index in [-0.39, 0.29) is 19.0 Å². The summed E-state index contributed by atoms with van der Waals surface area (Å²) in [5, 5.41) is 12.8. The van der Waals surface area contributed by atoms with Gasteiger partial charge in [0.1, 0.15) is 18.2 Å². The number of halogens is 2. The second-order valence-electron chi connectivity index (χ2n) is 4.71. The molecule has 0 aliphatic heterocycles. The van der Waals surface area contributed by atoms with Gasteiger partial charge in [-0.2, -0.15) is 0 Å². The van der Waals surface area contributed by atoms with Gasteiger partial charge in [0.15, 0.2) is 0 Å². The molecule has 1 unspecified atom stereocenters. The van der Waals surface area contributed by atoms with Gasteiger partial charge in [0.2, 0.25) is 0 Å². The first-order valence-corrected chi connectivity index (χ1v) is 7.33. The van der Waals surface area contributed by atoms with Gasteiger partial charge in [-0.3, -0.25) is 0 Å². The van der Waals surface area contributed by atoms with Crippen molar-refractivity contribution in [3.63, 3.8) is 0 Å². The lowest BCUT2D eigenvalue weighted by molar-refractivity contribution is 0.0282. The fourth-order valence-corrected chi connectivity index (χ4v) is 2.27. The number of aliphatic hydroxyl groups is 1. The summed E-state index contributed by atoms with van der Waals surface area (Å²) in [6, 6.07) is 6.67. The molecule has 0 aliphatic rings. The Labute approximate surface area is 131 Å². The van der Waals surface area contributed by atoms with Crippen LogP contribution in [0.15, 0.2) is 39.4 Å². The molecule has 0 amide bonds. The van der Waals surface area contributed by atoms with E-state index in [2.05, 4.69) is 21.2 Å². The number of furan rings is 1. The zero-order chi connectivity index (χ0) is 15.2. The highest BCUT2D eigenvalue weighted by Gasteiger charge is 2.08. The molecule has 0 saturated carbocycles. The van der Waals surface area contributed by atoms with Gasteiger partial charge in [-0.05, 0) is 52.7 Å². The summed E-state index contributed by atoms with van der Waals surface area (Å²) >= 11 is 3.13. The van der Waals surface area contributed by atoms with E-state index >= 15 is 0 Å². The fraction of sp³-hybridized carbons (Fsp3) is 0.333. The Bertz CT molecular complexity index is 575. The van der Waals surface area contributed by atoms with Crippen LogP contribution in [0.1, 0.15) is 11.3 Å². The Morgan fingerprint density at radius 1 is 1.48 bits per heavy atom. The molecule has 1 heterocycles. The van der Waals surface area contributed by atoms with Crippen LogP contribution in [0, 0.1) is 12.7 Å². The Hall–Kier alpha value is -1.37. The second kappa shape index (κ2) is 7.59. The van der Waals surface area contributed by atoms with E-state index in [0.717, 1.165) is 5.56 Å². The third kappa shape index (κ3) is 4.84. The molecule has 0 saturated heterocycles. The zero-order valence-electron chi connectivity index (χ0n) is 11.6. The van der Waals surface area contributed by atoms with Gasteiger partial charge in [-0.25, -0.2) is 4.39 Å². The van der Waals surface area contributed by atoms with Crippen molar-refractivity contribution in [3.05, 3.63) is 52.1 Å². The Morgan fingerprint density at radius 2 is 2.29 bits per heavy atom. The van der Waals surface area contributed by atoms with Crippen LogP contribution in [0.3, 0.4) is 0 Å². The molecule has 21 heavy (non-hydrogen) atoms. The molecule has 0 aliphatic carbocycles. The molecule has 0 radical (unpaired) electrons. The van der Waals surface area contributed by atoms with E-state index in [1.54, 1.807) is 24.5 Å². The van der Waals surface area contributed by atoms with Crippen LogP contribution in [0.5, 0.6) is 0 Å². The number of aryl methyl sites for hydroxylation is 1. The van der Waals surface area contributed by atoms with Crippen LogP contribution in [0.25, 0.3) is 0 Å². The Balaban J connectivity index is 1.76. The van der Waals surface area contributed by atoms with Crippen molar-refractivity contribution in [1.29, 1.82) is 0 Å². The van der Waals surface area contributed by atoms with E-state index in [9.17, 15) is 9.50 Å². The highest BCUT2D eigenvalue weighted by molar-refractivity contribution is 9.10. The maximum atomic E-state index is 13.5. The van der Waals surface area contributed by atoms with Gasteiger partial charge in [0, 0.05) is 12.2 Å². The molecule has 4 nitrogen and oxygen atoms in total. The lowest BCUT2D eigenvalue weighted by Gasteiger charge is -2.15. The van der Waals surface area contributed by atoms with Gasteiger partial charge in [-0.1, -0.05) is 0 Å². The van der Waals surface area contributed by atoms with Gasteiger partial charge >= 0.3 is 0 Å². The average Bonchev–Trinajstić information content (AvgIpc) is 2.94.